The molecule has 0 aliphatic carbocycles. The topological polar surface area (TPSA) is 112 Å². The maximum atomic E-state index is 11.9. The Morgan fingerprint density at radius 1 is 1.08 bits per heavy atom. The predicted octanol–water partition coefficient (Wildman–Crippen LogP) is 1.98. The summed E-state index contributed by atoms with van der Waals surface area (Å²) in [4.78, 5) is 0. The van der Waals surface area contributed by atoms with Gasteiger partial charge in [-0.05, 0) is 36.0 Å². The van der Waals surface area contributed by atoms with Gasteiger partial charge in [0.25, 0.3) is 0 Å². The Balaban J connectivity index is 2.19. The molecule has 0 spiro atoms. The lowest BCUT2D eigenvalue weighted by molar-refractivity contribution is 0.461. The molecule has 0 aliphatic rings. The predicted molar refractivity (Wildman–Crippen MR) is 107 cm³/mol. The molecule has 0 fully saturated rings. The summed E-state index contributed by atoms with van der Waals surface area (Å²) in [6.07, 6.45) is 1.10. The first-order valence-corrected chi connectivity index (χ1v) is 9.95. The Morgan fingerprint density at radius 2 is 1.77 bits per heavy atom. The number of nitrogens with two attached hydrogens (primary N) is 3. The Kier molecular flexibility index (Phi) is 7.34. The van der Waals surface area contributed by atoms with Gasteiger partial charge in [0.1, 0.15) is 10.7 Å². The molecule has 6 heteroatoms. The Labute approximate surface area is 157 Å². The van der Waals surface area contributed by atoms with Crippen molar-refractivity contribution in [1.82, 2.24) is 0 Å². The summed E-state index contributed by atoms with van der Waals surface area (Å²) in [5, 5.41) is -0.467. The maximum absolute atomic E-state index is 11.9. The van der Waals surface area contributed by atoms with Crippen molar-refractivity contribution in [3.63, 3.8) is 0 Å². The molecule has 26 heavy (non-hydrogen) atoms. The SMILES string of the molecule is C[C@@]([CH]N)(CC(CCc1ccccc1)[SH](=O)=O)c1cccc(C(N)N)c1. The van der Waals surface area contributed by atoms with E-state index >= 15 is 0 Å². The van der Waals surface area contributed by atoms with Gasteiger partial charge in [0, 0.05) is 12.0 Å². The second kappa shape index (κ2) is 9.28. The Morgan fingerprint density at radius 3 is 2.35 bits per heavy atom. The quantitative estimate of drug-likeness (QED) is 0.396. The fourth-order valence-corrected chi connectivity index (χ4v) is 4.00. The lowest BCUT2D eigenvalue weighted by Gasteiger charge is -2.31. The van der Waals surface area contributed by atoms with Crippen LogP contribution in [-0.4, -0.2) is 13.7 Å². The van der Waals surface area contributed by atoms with Crippen molar-refractivity contribution in [3.05, 3.63) is 77.8 Å². The van der Waals surface area contributed by atoms with Crippen molar-refractivity contribution >= 4 is 10.7 Å². The third-order valence-electron chi connectivity index (χ3n) is 4.87. The zero-order valence-corrected chi connectivity index (χ0v) is 15.9. The fourth-order valence-electron chi connectivity index (χ4n) is 3.13. The van der Waals surface area contributed by atoms with E-state index in [-0.39, 0.29) is 0 Å². The summed E-state index contributed by atoms with van der Waals surface area (Å²) in [6.45, 7) is 3.52. The normalized spacial score (nSPS) is 15.2. The van der Waals surface area contributed by atoms with Crippen LogP contribution in [0.2, 0.25) is 0 Å². The number of hydrogen-bond donors (Lipinski definition) is 4. The highest BCUT2D eigenvalue weighted by molar-refractivity contribution is 7.73. The highest BCUT2D eigenvalue weighted by atomic mass is 32.2. The van der Waals surface area contributed by atoms with Crippen LogP contribution in [0, 0.1) is 6.54 Å². The van der Waals surface area contributed by atoms with Crippen molar-refractivity contribution in [2.45, 2.75) is 43.0 Å². The van der Waals surface area contributed by atoms with E-state index in [1.54, 1.807) is 6.54 Å². The zero-order chi connectivity index (χ0) is 19.2. The summed E-state index contributed by atoms with van der Waals surface area (Å²) < 4.78 is 23.7. The van der Waals surface area contributed by atoms with Gasteiger partial charge in [-0.3, -0.25) is 0 Å². The van der Waals surface area contributed by atoms with Crippen LogP contribution in [0.4, 0.5) is 0 Å². The first-order valence-electron chi connectivity index (χ1n) is 8.71. The van der Waals surface area contributed by atoms with E-state index in [9.17, 15) is 8.42 Å². The van der Waals surface area contributed by atoms with Crippen molar-refractivity contribution in [1.29, 1.82) is 0 Å². The van der Waals surface area contributed by atoms with Gasteiger partial charge in [0.05, 0.1) is 11.4 Å². The standard InChI is InChI=1S/C20H28N3O2S/c1-20(14-21,17-9-5-8-16(12-17)19(22)23)13-18(26(24)25)11-10-15-6-3-2-4-7-15/h2-9,12,14,18-19,26H,10-11,13,21-23H2,1H3/t18?,20-/m0/s1. The molecule has 2 aromatic rings. The average molecular weight is 375 g/mol. The first kappa shape index (κ1) is 20.6. The van der Waals surface area contributed by atoms with Gasteiger partial charge in [-0.25, -0.2) is 8.42 Å². The molecular weight excluding hydrogens is 346 g/mol. The van der Waals surface area contributed by atoms with Gasteiger partial charge < -0.3 is 17.2 Å². The highest BCUT2D eigenvalue weighted by Gasteiger charge is 2.31. The molecule has 0 aliphatic heterocycles. The van der Waals surface area contributed by atoms with E-state index in [2.05, 4.69) is 0 Å². The molecule has 1 radical (unpaired) electrons. The van der Waals surface area contributed by atoms with Gasteiger partial charge >= 0.3 is 0 Å². The third kappa shape index (κ3) is 5.38. The Bertz CT molecular complexity index is 770. The molecule has 0 aromatic heterocycles. The number of hydrogen-bond acceptors (Lipinski definition) is 5. The van der Waals surface area contributed by atoms with Crippen molar-refractivity contribution in [2.24, 2.45) is 17.2 Å². The van der Waals surface area contributed by atoms with Gasteiger partial charge in [0.15, 0.2) is 0 Å². The van der Waals surface area contributed by atoms with Crippen molar-refractivity contribution < 1.29 is 8.42 Å². The van der Waals surface area contributed by atoms with Gasteiger partial charge in [0.2, 0.25) is 0 Å². The maximum Gasteiger partial charge on any atom is 0.143 e. The fraction of sp³-hybridized carbons (Fsp3) is 0.350. The molecule has 2 rings (SSSR count). The van der Waals surface area contributed by atoms with Gasteiger partial charge in [-0.2, -0.15) is 0 Å². The van der Waals surface area contributed by atoms with E-state index in [0.717, 1.165) is 16.7 Å². The van der Waals surface area contributed by atoms with Crippen molar-refractivity contribution in [3.8, 4) is 0 Å². The number of benzene rings is 2. The van der Waals surface area contributed by atoms with Gasteiger partial charge in [-0.1, -0.05) is 61.5 Å². The Hall–Kier alpha value is -1.73. The summed E-state index contributed by atoms with van der Waals surface area (Å²) in [5.41, 5.74) is 19.7. The molecule has 0 bridgehead atoms. The van der Waals surface area contributed by atoms with E-state index in [4.69, 9.17) is 17.2 Å². The minimum absolute atomic E-state index is 0.415. The molecule has 1 unspecified atom stereocenters. The minimum atomic E-state index is -2.57. The lowest BCUT2D eigenvalue weighted by atomic mass is 9.77. The van der Waals surface area contributed by atoms with E-state index in [1.807, 2.05) is 61.5 Å². The second-order valence-electron chi connectivity index (χ2n) is 6.90. The molecule has 6 N–H and O–H groups in total. The summed E-state index contributed by atoms with van der Waals surface area (Å²) in [5.74, 6) is 0. The largest absolute Gasteiger partial charge is 0.326 e. The van der Waals surface area contributed by atoms with Crippen LogP contribution >= 0.6 is 0 Å². The average Bonchev–Trinajstić information content (AvgIpc) is 2.65. The van der Waals surface area contributed by atoms with Crippen LogP contribution in [0.5, 0.6) is 0 Å². The van der Waals surface area contributed by atoms with Gasteiger partial charge in [-0.15, -0.1) is 0 Å². The molecule has 0 amide bonds. The molecule has 0 saturated heterocycles. The molecular formula is C20H28N3O2S. The van der Waals surface area contributed by atoms with Crippen LogP contribution in [0.3, 0.4) is 0 Å². The second-order valence-corrected chi connectivity index (χ2v) is 8.20. The smallest absolute Gasteiger partial charge is 0.143 e. The third-order valence-corrected chi connectivity index (χ3v) is 5.90. The minimum Gasteiger partial charge on any atom is -0.326 e. The summed E-state index contributed by atoms with van der Waals surface area (Å²) >= 11 is 0. The van der Waals surface area contributed by atoms with Crippen molar-refractivity contribution in [2.75, 3.05) is 0 Å². The molecule has 2 aromatic carbocycles. The molecule has 141 valence electrons. The van der Waals surface area contributed by atoms with Crippen LogP contribution < -0.4 is 17.2 Å². The molecule has 0 saturated carbocycles. The number of rotatable bonds is 9. The van der Waals surface area contributed by atoms with E-state index < -0.39 is 27.5 Å². The van der Waals surface area contributed by atoms with Crippen LogP contribution in [-0.2, 0) is 22.5 Å². The molecule has 0 heterocycles. The molecule has 5 nitrogen and oxygen atoms in total. The number of aryl methyl sites for hydroxylation is 1. The molecule has 2 atom stereocenters. The van der Waals surface area contributed by atoms with Crippen LogP contribution in [0.15, 0.2) is 54.6 Å². The van der Waals surface area contributed by atoms with Crippen LogP contribution in [0.1, 0.15) is 42.6 Å². The highest BCUT2D eigenvalue weighted by Crippen LogP contribution is 2.33. The van der Waals surface area contributed by atoms with Crippen LogP contribution in [0.25, 0.3) is 0 Å². The zero-order valence-electron chi connectivity index (χ0n) is 15.0. The first-order chi connectivity index (χ1) is 12.4. The summed E-state index contributed by atoms with van der Waals surface area (Å²) in [6, 6.07) is 17.4. The summed E-state index contributed by atoms with van der Waals surface area (Å²) in [7, 11) is -2.57. The number of thiol groups is 1. The van der Waals surface area contributed by atoms with E-state index in [0.29, 0.717) is 19.3 Å². The van der Waals surface area contributed by atoms with E-state index in [1.165, 1.54) is 0 Å². The monoisotopic (exact) mass is 374 g/mol. The lowest BCUT2D eigenvalue weighted by Crippen LogP contribution is -2.33.